The highest BCUT2D eigenvalue weighted by atomic mass is 35.5. The van der Waals surface area contributed by atoms with Crippen LogP contribution in [-0.4, -0.2) is 19.3 Å². The van der Waals surface area contributed by atoms with E-state index in [2.05, 4.69) is 34.2 Å². The van der Waals surface area contributed by atoms with Crippen molar-refractivity contribution >= 4 is 64.8 Å². The standard InChI is InChI=1S/C23H25Cl3N2.ClH/c24-20-14-18(15-21(25)22(20)26)27-16-17-4-6-19(7-5-17)28-12-10-23(11-13-28)8-2-1-3-9-23;/h4-7,14-16H,1-3,8-13H2;1H. The summed E-state index contributed by atoms with van der Waals surface area (Å²) < 4.78 is 0. The normalized spacial score (nSPS) is 18.8. The molecule has 1 heterocycles. The molecule has 2 aromatic carbocycles. The molecule has 0 unspecified atom stereocenters. The van der Waals surface area contributed by atoms with E-state index in [9.17, 15) is 0 Å². The van der Waals surface area contributed by atoms with Crippen molar-refractivity contribution in [1.82, 2.24) is 0 Å². The molecule has 4 rings (SSSR count). The van der Waals surface area contributed by atoms with E-state index in [4.69, 9.17) is 34.8 Å². The quantitative estimate of drug-likeness (QED) is 0.324. The number of hydrogen-bond acceptors (Lipinski definition) is 2. The Hall–Kier alpha value is -0.930. The molecule has 0 aromatic heterocycles. The minimum atomic E-state index is 0. The molecule has 2 aromatic rings. The van der Waals surface area contributed by atoms with Crippen LogP contribution in [0.25, 0.3) is 0 Å². The molecule has 0 N–H and O–H groups in total. The Bertz CT molecular complexity index is 825. The molecule has 0 atom stereocenters. The second kappa shape index (κ2) is 9.92. The minimum Gasteiger partial charge on any atom is -0.371 e. The molecular weight excluding hydrogens is 446 g/mol. The van der Waals surface area contributed by atoms with Gasteiger partial charge >= 0.3 is 0 Å². The second-order valence-electron chi connectivity index (χ2n) is 8.12. The van der Waals surface area contributed by atoms with Gasteiger partial charge in [0.25, 0.3) is 0 Å². The zero-order chi connectivity index (χ0) is 19.6. The van der Waals surface area contributed by atoms with E-state index in [0.29, 0.717) is 26.2 Å². The predicted octanol–water partition coefficient (Wildman–Crippen LogP) is 8.37. The smallest absolute Gasteiger partial charge is 0.0780 e. The fraction of sp³-hybridized carbons (Fsp3) is 0.435. The van der Waals surface area contributed by atoms with Gasteiger partial charge in [-0.05, 0) is 60.9 Å². The number of anilines is 1. The van der Waals surface area contributed by atoms with E-state index in [1.807, 2.05) is 6.21 Å². The van der Waals surface area contributed by atoms with Gasteiger partial charge in [0.1, 0.15) is 0 Å². The van der Waals surface area contributed by atoms with Crippen LogP contribution in [0.5, 0.6) is 0 Å². The highest BCUT2D eigenvalue weighted by molar-refractivity contribution is 6.48. The maximum absolute atomic E-state index is 6.07. The van der Waals surface area contributed by atoms with Crippen LogP contribution in [0.3, 0.4) is 0 Å². The van der Waals surface area contributed by atoms with Crippen LogP contribution in [0, 0.1) is 5.41 Å². The van der Waals surface area contributed by atoms with Crippen molar-refractivity contribution in [3.8, 4) is 0 Å². The van der Waals surface area contributed by atoms with Crippen molar-refractivity contribution in [3.63, 3.8) is 0 Å². The summed E-state index contributed by atoms with van der Waals surface area (Å²) in [6.45, 7) is 2.35. The first kappa shape index (κ1) is 22.7. The van der Waals surface area contributed by atoms with E-state index < -0.39 is 0 Å². The van der Waals surface area contributed by atoms with Gasteiger partial charge in [-0.1, -0.05) is 66.2 Å². The maximum atomic E-state index is 6.07. The Kier molecular flexibility index (Phi) is 7.78. The largest absolute Gasteiger partial charge is 0.371 e. The highest BCUT2D eigenvalue weighted by Crippen LogP contribution is 2.45. The summed E-state index contributed by atoms with van der Waals surface area (Å²) in [5, 5.41) is 1.19. The molecular formula is C23H26Cl4N2. The van der Waals surface area contributed by atoms with Gasteiger partial charge in [0.05, 0.1) is 20.8 Å². The molecule has 2 aliphatic rings. The molecule has 2 fully saturated rings. The minimum absolute atomic E-state index is 0. The first-order valence-corrected chi connectivity index (χ1v) is 11.2. The molecule has 29 heavy (non-hydrogen) atoms. The fourth-order valence-electron chi connectivity index (χ4n) is 4.58. The number of nitrogens with zero attached hydrogens (tertiary/aromatic N) is 2. The lowest BCUT2D eigenvalue weighted by Crippen LogP contribution is -2.41. The van der Waals surface area contributed by atoms with Crippen LogP contribution in [0.1, 0.15) is 50.5 Å². The number of rotatable bonds is 3. The van der Waals surface area contributed by atoms with Crippen LogP contribution in [0.2, 0.25) is 15.1 Å². The number of halogens is 4. The molecule has 6 heteroatoms. The Balaban J connectivity index is 0.00000240. The molecule has 1 aliphatic heterocycles. The average molecular weight is 472 g/mol. The molecule has 2 nitrogen and oxygen atoms in total. The lowest BCUT2D eigenvalue weighted by atomic mass is 9.68. The summed E-state index contributed by atoms with van der Waals surface area (Å²) in [5.41, 5.74) is 3.69. The van der Waals surface area contributed by atoms with Crippen LogP contribution in [0.4, 0.5) is 11.4 Å². The van der Waals surface area contributed by atoms with Gasteiger partial charge in [0, 0.05) is 25.0 Å². The number of piperidine rings is 1. The van der Waals surface area contributed by atoms with Crippen molar-refractivity contribution in [2.75, 3.05) is 18.0 Å². The van der Waals surface area contributed by atoms with E-state index >= 15 is 0 Å². The monoisotopic (exact) mass is 470 g/mol. The van der Waals surface area contributed by atoms with E-state index in [1.54, 1.807) is 12.1 Å². The van der Waals surface area contributed by atoms with Crippen molar-refractivity contribution in [2.45, 2.75) is 44.9 Å². The van der Waals surface area contributed by atoms with Crippen LogP contribution in [0.15, 0.2) is 41.4 Å². The zero-order valence-electron chi connectivity index (χ0n) is 16.3. The molecule has 1 saturated carbocycles. The third kappa shape index (κ3) is 5.41. The molecule has 1 aliphatic carbocycles. The Morgan fingerprint density at radius 3 is 2.00 bits per heavy atom. The van der Waals surface area contributed by atoms with Crippen molar-refractivity contribution in [3.05, 3.63) is 57.0 Å². The van der Waals surface area contributed by atoms with Gasteiger partial charge in [-0.3, -0.25) is 4.99 Å². The lowest BCUT2D eigenvalue weighted by Gasteiger charge is -2.45. The molecule has 0 amide bonds. The third-order valence-electron chi connectivity index (χ3n) is 6.33. The molecule has 0 radical (unpaired) electrons. The number of benzene rings is 2. The lowest BCUT2D eigenvalue weighted by molar-refractivity contribution is 0.144. The molecule has 1 spiro atoms. The van der Waals surface area contributed by atoms with Crippen LogP contribution >= 0.6 is 47.2 Å². The van der Waals surface area contributed by atoms with Crippen LogP contribution < -0.4 is 4.90 Å². The topological polar surface area (TPSA) is 15.6 Å². The van der Waals surface area contributed by atoms with Gasteiger partial charge in [0.15, 0.2) is 0 Å². The highest BCUT2D eigenvalue weighted by Gasteiger charge is 2.35. The van der Waals surface area contributed by atoms with E-state index in [1.165, 1.54) is 63.7 Å². The first-order valence-electron chi connectivity index (χ1n) is 10.1. The van der Waals surface area contributed by atoms with Gasteiger partial charge in [-0.2, -0.15) is 0 Å². The van der Waals surface area contributed by atoms with Crippen molar-refractivity contribution in [1.29, 1.82) is 0 Å². The summed E-state index contributed by atoms with van der Waals surface area (Å²) >= 11 is 18.1. The van der Waals surface area contributed by atoms with Crippen LogP contribution in [-0.2, 0) is 0 Å². The van der Waals surface area contributed by atoms with Gasteiger partial charge in [0.2, 0.25) is 0 Å². The fourth-order valence-corrected chi connectivity index (χ4v) is 5.16. The SMILES string of the molecule is Cl.Clc1cc(N=Cc2ccc(N3CCC4(CCCCC4)CC3)cc2)cc(Cl)c1Cl. The summed E-state index contributed by atoms with van der Waals surface area (Å²) in [6, 6.07) is 12.1. The number of aliphatic imine (C=N–C) groups is 1. The molecule has 1 saturated heterocycles. The first-order chi connectivity index (χ1) is 13.5. The third-order valence-corrected chi connectivity index (χ3v) is 7.52. The second-order valence-corrected chi connectivity index (χ2v) is 9.31. The van der Waals surface area contributed by atoms with Gasteiger partial charge < -0.3 is 4.90 Å². The summed E-state index contributed by atoms with van der Waals surface area (Å²) in [6.07, 6.45) is 11.7. The number of hydrogen-bond donors (Lipinski definition) is 0. The zero-order valence-corrected chi connectivity index (χ0v) is 19.4. The Labute approximate surface area is 194 Å². The van der Waals surface area contributed by atoms with E-state index in [-0.39, 0.29) is 12.4 Å². The summed E-state index contributed by atoms with van der Waals surface area (Å²) in [4.78, 5) is 7.00. The maximum Gasteiger partial charge on any atom is 0.0780 e. The molecule has 0 bridgehead atoms. The summed E-state index contributed by atoms with van der Waals surface area (Å²) in [5.74, 6) is 0. The van der Waals surface area contributed by atoms with Gasteiger partial charge in [-0.15, -0.1) is 12.4 Å². The predicted molar refractivity (Wildman–Crippen MR) is 129 cm³/mol. The van der Waals surface area contributed by atoms with Crippen molar-refractivity contribution in [2.24, 2.45) is 10.4 Å². The van der Waals surface area contributed by atoms with Crippen molar-refractivity contribution < 1.29 is 0 Å². The average Bonchev–Trinajstić information content (AvgIpc) is 2.72. The Morgan fingerprint density at radius 1 is 0.828 bits per heavy atom. The Morgan fingerprint density at radius 2 is 1.41 bits per heavy atom. The summed E-state index contributed by atoms with van der Waals surface area (Å²) in [7, 11) is 0. The molecule has 156 valence electrons. The van der Waals surface area contributed by atoms with E-state index in [0.717, 1.165) is 5.56 Å². The van der Waals surface area contributed by atoms with Gasteiger partial charge in [-0.25, -0.2) is 0 Å².